The molecule has 0 aliphatic heterocycles. The largest absolute Gasteiger partial charge is 1.00 e. The van der Waals surface area contributed by atoms with Gasteiger partial charge in [-0.25, -0.2) is 12.8 Å². The Morgan fingerprint density at radius 3 is 1.90 bits per heavy atom. The molecule has 1 atom stereocenters. The van der Waals surface area contributed by atoms with E-state index in [2.05, 4.69) is 0 Å². The number of rotatable bonds is 9. The van der Waals surface area contributed by atoms with Gasteiger partial charge in [0.25, 0.3) is 0 Å². The van der Waals surface area contributed by atoms with Gasteiger partial charge in [0.05, 0.1) is 0 Å². The van der Waals surface area contributed by atoms with Gasteiger partial charge in [-0.05, 0) is 6.42 Å². The third-order valence-corrected chi connectivity index (χ3v) is 3.56. The maximum atomic E-state index is 13.1. The van der Waals surface area contributed by atoms with Gasteiger partial charge in [-0.2, -0.15) is 17.6 Å². The Labute approximate surface area is 137 Å². The molecule has 20 heavy (non-hydrogen) atoms. The Morgan fingerprint density at radius 2 is 1.50 bits per heavy atom. The van der Waals surface area contributed by atoms with Crippen molar-refractivity contribution in [2.24, 2.45) is 0 Å². The first-order valence-electron chi connectivity index (χ1n) is 5.83. The molecule has 10 heteroatoms. The Balaban J connectivity index is 0. The van der Waals surface area contributed by atoms with Gasteiger partial charge in [-0.15, -0.1) is 0 Å². The molecule has 0 aliphatic rings. The van der Waals surface area contributed by atoms with Crippen molar-refractivity contribution in [3.63, 3.8) is 0 Å². The number of halogens is 5. The van der Waals surface area contributed by atoms with E-state index in [1.54, 1.807) is 0 Å². The fourth-order valence-corrected chi connectivity index (χ4v) is 1.92. The normalized spacial score (nSPS) is 14.8. The monoisotopic (exact) mass is 334 g/mol. The zero-order valence-electron chi connectivity index (χ0n) is 11.3. The first kappa shape index (κ1) is 22.8. The molecule has 0 amide bonds. The van der Waals surface area contributed by atoms with Gasteiger partial charge in [0.1, 0.15) is 0 Å². The van der Waals surface area contributed by atoms with Crippen LogP contribution >= 0.6 is 0 Å². The van der Waals surface area contributed by atoms with Crippen molar-refractivity contribution in [2.45, 2.75) is 62.8 Å². The summed E-state index contributed by atoms with van der Waals surface area (Å²) in [6, 6.07) is 0. The van der Waals surface area contributed by atoms with E-state index in [0.717, 1.165) is 12.8 Å². The van der Waals surface area contributed by atoms with E-state index in [0.29, 0.717) is 12.8 Å². The Hall–Kier alpha value is 0.560. The second-order valence-electron chi connectivity index (χ2n) is 4.26. The maximum absolute atomic E-state index is 13.1. The summed E-state index contributed by atoms with van der Waals surface area (Å²) in [6.07, 6.45) is -1.67. The minimum absolute atomic E-state index is 0. The summed E-state index contributed by atoms with van der Waals surface area (Å²) < 4.78 is 94.6. The van der Waals surface area contributed by atoms with E-state index in [9.17, 15) is 34.9 Å². The topological polar surface area (TPSA) is 57.2 Å². The molecular formula is C10H16F5NaO3S. The average Bonchev–Trinajstić information content (AvgIpc) is 2.26. The summed E-state index contributed by atoms with van der Waals surface area (Å²) in [5.41, 5.74) is 0. The maximum Gasteiger partial charge on any atom is 1.00 e. The summed E-state index contributed by atoms with van der Waals surface area (Å²) in [7, 11) is -6.62. The van der Waals surface area contributed by atoms with Crippen LogP contribution in [-0.4, -0.2) is 30.3 Å². The molecule has 0 N–H and O–H groups in total. The molecule has 0 aliphatic carbocycles. The summed E-state index contributed by atoms with van der Waals surface area (Å²) in [6.45, 7) is 1.89. The number of alkyl halides is 5. The molecule has 0 rings (SSSR count). The van der Waals surface area contributed by atoms with Crippen molar-refractivity contribution >= 4 is 10.1 Å². The molecule has 0 aromatic rings. The van der Waals surface area contributed by atoms with E-state index in [1.165, 1.54) is 0 Å². The molecule has 0 saturated heterocycles. The van der Waals surface area contributed by atoms with Crippen LogP contribution in [0.15, 0.2) is 0 Å². The van der Waals surface area contributed by atoms with Crippen LogP contribution in [0, 0.1) is 0 Å². The second kappa shape index (κ2) is 8.87. The van der Waals surface area contributed by atoms with Gasteiger partial charge >= 0.3 is 40.7 Å². The predicted octanol–water partition coefficient (Wildman–Crippen LogP) is 0.462. The molecule has 0 aromatic heterocycles. The van der Waals surface area contributed by atoms with Gasteiger partial charge in [-0.1, -0.05) is 39.0 Å². The molecular weight excluding hydrogens is 318 g/mol. The van der Waals surface area contributed by atoms with Crippen LogP contribution in [0.3, 0.4) is 0 Å². The Bertz CT molecular complexity index is 375. The fraction of sp³-hybridized carbons (Fsp3) is 1.00. The number of hydrogen-bond acceptors (Lipinski definition) is 3. The van der Waals surface area contributed by atoms with Crippen LogP contribution in [0.2, 0.25) is 0 Å². The molecule has 0 saturated carbocycles. The van der Waals surface area contributed by atoms with Crippen molar-refractivity contribution in [3.8, 4) is 0 Å². The predicted molar refractivity (Wildman–Crippen MR) is 57.9 cm³/mol. The van der Waals surface area contributed by atoms with E-state index in [-0.39, 0.29) is 36.0 Å². The second-order valence-corrected chi connectivity index (χ2v) is 5.69. The Kier molecular flexibility index (Phi) is 10.1. The minimum atomic E-state index is -6.62. The molecule has 1 unspecified atom stereocenters. The van der Waals surface area contributed by atoms with E-state index in [1.807, 2.05) is 6.92 Å². The first-order valence-corrected chi connectivity index (χ1v) is 7.24. The fourth-order valence-electron chi connectivity index (χ4n) is 1.46. The Morgan fingerprint density at radius 1 is 1.05 bits per heavy atom. The van der Waals surface area contributed by atoms with Gasteiger partial charge < -0.3 is 4.55 Å². The van der Waals surface area contributed by atoms with Crippen molar-refractivity contribution in [3.05, 3.63) is 0 Å². The molecule has 0 aromatic carbocycles. The van der Waals surface area contributed by atoms with Gasteiger partial charge in [0.15, 0.2) is 16.3 Å². The summed E-state index contributed by atoms with van der Waals surface area (Å²) >= 11 is 0. The van der Waals surface area contributed by atoms with Crippen LogP contribution in [-0.2, 0) is 10.1 Å². The zero-order chi connectivity index (χ0) is 15.3. The number of unbranched alkanes of at least 4 members (excludes halogenated alkanes) is 4. The van der Waals surface area contributed by atoms with Crippen molar-refractivity contribution in [1.29, 1.82) is 0 Å². The van der Waals surface area contributed by atoms with Gasteiger partial charge in [0.2, 0.25) is 0 Å². The van der Waals surface area contributed by atoms with Crippen LogP contribution in [0.1, 0.15) is 45.4 Å². The van der Waals surface area contributed by atoms with Crippen LogP contribution in [0.5, 0.6) is 0 Å². The number of hydrogen-bond donors (Lipinski definition) is 0. The van der Waals surface area contributed by atoms with Crippen LogP contribution in [0.4, 0.5) is 22.0 Å². The summed E-state index contributed by atoms with van der Waals surface area (Å²) in [4.78, 5) is 0. The first-order chi connectivity index (χ1) is 8.48. The molecule has 0 bridgehead atoms. The van der Waals surface area contributed by atoms with E-state index >= 15 is 0 Å². The average molecular weight is 334 g/mol. The van der Waals surface area contributed by atoms with E-state index in [4.69, 9.17) is 0 Å². The molecule has 0 heterocycles. The van der Waals surface area contributed by atoms with Crippen molar-refractivity contribution < 1.29 is 64.5 Å². The minimum Gasteiger partial charge on any atom is -0.743 e. The third kappa shape index (κ3) is 5.75. The SMILES string of the molecule is CCCCCCCC(F)C(F)(F)C(F)(F)S(=O)(=O)[O-].[Na+]. The smallest absolute Gasteiger partial charge is 0.743 e. The zero-order valence-corrected chi connectivity index (χ0v) is 14.2. The molecule has 0 radical (unpaired) electrons. The molecule has 116 valence electrons. The molecule has 0 spiro atoms. The van der Waals surface area contributed by atoms with Crippen molar-refractivity contribution in [1.82, 2.24) is 0 Å². The van der Waals surface area contributed by atoms with Gasteiger partial charge in [0, 0.05) is 0 Å². The van der Waals surface area contributed by atoms with Crippen molar-refractivity contribution in [2.75, 3.05) is 0 Å². The third-order valence-electron chi connectivity index (χ3n) is 2.66. The quantitative estimate of drug-likeness (QED) is 0.266. The van der Waals surface area contributed by atoms with E-state index < -0.39 is 33.9 Å². The molecule has 3 nitrogen and oxygen atoms in total. The van der Waals surface area contributed by atoms with Crippen LogP contribution in [0.25, 0.3) is 0 Å². The standard InChI is InChI=1S/C10H17F5O3S.Na/c1-2-3-4-5-6-7-8(11)9(12,13)10(14,15)19(16,17)18;/h8H,2-7H2,1H3,(H,16,17,18);/q;+1/p-1. The van der Waals surface area contributed by atoms with Crippen LogP contribution < -0.4 is 29.6 Å². The summed E-state index contributed by atoms with van der Waals surface area (Å²) in [5, 5.41) is -5.94. The van der Waals surface area contributed by atoms with Gasteiger partial charge in [-0.3, -0.25) is 0 Å². The molecule has 0 fully saturated rings. The summed E-state index contributed by atoms with van der Waals surface area (Å²) in [5.74, 6) is -5.52.